The number of halogens is 1. The van der Waals surface area contributed by atoms with Gasteiger partial charge in [-0.25, -0.2) is 8.42 Å². The summed E-state index contributed by atoms with van der Waals surface area (Å²) in [6, 6.07) is 7.76. The number of hydrogen-bond acceptors (Lipinski definition) is 5. The maximum absolute atomic E-state index is 12.4. The summed E-state index contributed by atoms with van der Waals surface area (Å²) in [6.45, 7) is 7.03. The van der Waals surface area contributed by atoms with E-state index in [-0.39, 0.29) is 5.75 Å². The second kappa shape index (κ2) is 8.01. The van der Waals surface area contributed by atoms with Crippen molar-refractivity contribution >= 4 is 32.8 Å². The molecule has 3 rings (SSSR count). The van der Waals surface area contributed by atoms with Gasteiger partial charge in [0.15, 0.2) is 9.84 Å². The van der Waals surface area contributed by atoms with Crippen molar-refractivity contribution in [1.82, 2.24) is 10.3 Å². The summed E-state index contributed by atoms with van der Waals surface area (Å²) in [5, 5.41) is 4.14. The number of hydrogen-bond donors (Lipinski definition) is 1. The van der Waals surface area contributed by atoms with Crippen LogP contribution in [0, 0.1) is 0 Å². The Morgan fingerprint density at radius 1 is 1.14 bits per heavy atom. The van der Waals surface area contributed by atoms with Crippen molar-refractivity contribution in [3.05, 3.63) is 52.3 Å². The first kappa shape index (κ1) is 21.1. The molecule has 28 heavy (non-hydrogen) atoms. The zero-order valence-corrected chi connectivity index (χ0v) is 18.5. The average molecular weight is 422 g/mol. The molecule has 0 aliphatic carbocycles. The van der Waals surface area contributed by atoms with Crippen LogP contribution in [0.5, 0.6) is 0 Å². The summed E-state index contributed by atoms with van der Waals surface area (Å²) >= 11 is 6.57. The van der Waals surface area contributed by atoms with Gasteiger partial charge in [-0.05, 0) is 76.0 Å². The van der Waals surface area contributed by atoms with Crippen LogP contribution in [0.3, 0.4) is 0 Å². The topological polar surface area (TPSA) is 62.3 Å². The lowest BCUT2D eigenvalue weighted by Crippen LogP contribution is -2.29. The van der Waals surface area contributed by atoms with E-state index in [1.54, 1.807) is 33.0 Å². The van der Waals surface area contributed by atoms with Crippen LogP contribution in [-0.2, 0) is 28.4 Å². The summed E-state index contributed by atoms with van der Waals surface area (Å²) in [7, 11) is -1.29. The van der Waals surface area contributed by atoms with Gasteiger partial charge in [0.05, 0.1) is 38.8 Å². The first-order chi connectivity index (χ1) is 13.1. The molecule has 0 saturated carbocycles. The first-order valence-electron chi connectivity index (χ1n) is 9.52. The van der Waals surface area contributed by atoms with Crippen LogP contribution in [0.4, 0.5) is 11.4 Å². The molecular weight excluding hydrogens is 394 g/mol. The number of benzene rings is 1. The van der Waals surface area contributed by atoms with Crippen molar-refractivity contribution in [1.29, 1.82) is 0 Å². The highest BCUT2D eigenvalue weighted by Crippen LogP contribution is 2.36. The molecular formula is C21H28ClN3O2S. The van der Waals surface area contributed by atoms with Gasteiger partial charge < -0.3 is 10.2 Å². The first-order valence-corrected chi connectivity index (χ1v) is 11.5. The molecule has 0 radical (unpaired) electrons. The summed E-state index contributed by atoms with van der Waals surface area (Å²) in [4.78, 5) is 6.45. The molecule has 2 aromatic rings. The summed E-state index contributed by atoms with van der Waals surface area (Å²) in [5.74, 6) is -0.0619. The highest BCUT2D eigenvalue weighted by Gasteiger charge is 2.29. The Morgan fingerprint density at radius 2 is 1.86 bits per heavy atom. The summed E-state index contributed by atoms with van der Waals surface area (Å²) in [5.41, 5.74) is 5.01. The molecule has 1 aliphatic heterocycles. The molecule has 0 amide bonds. The fourth-order valence-corrected chi connectivity index (χ4v) is 4.62. The van der Waals surface area contributed by atoms with E-state index < -0.39 is 14.6 Å². The van der Waals surface area contributed by atoms with Crippen LogP contribution in [0.2, 0.25) is 5.02 Å². The quantitative estimate of drug-likeness (QED) is 0.811. The fourth-order valence-electron chi connectivity index (χ4n) is 3.33. The van der Waals surface area contributed by atoms with Crippen molar-refractivity contribution in [2.24, 2.45) is 0 Å². The molecule has 1 aliphatic rings. The van der Waals surface area contributed by atoms with Crippen molar-refractivity contribution in [3.8, 4) is 0 Å². The van der Waals surface area contributed by atoms with E-state index in [4.69, 9.17) is 11.6 Å². The number of fused-ring (bicyclic) bond motifs is 1. The third kappa shape index (κ3) is 4.34. The van der Waals surface area contributed by atoms with Crippen LogP contribution in [-0.4, -0.2) is 38.3 Å². The van der Waals surface area contributed by atoms with Gasteiger partial charge in [0.2, 0.25) is 0 Å². The zero-order chi connectivity index (χ0) is 20.5. The van der Waals surface area contributed by atoms with Gasteiger partial charge in [-0.2, -0.15) is 0 Å². The van der Waals surface area contributed by atoms with Gasteiger partial charge in [0.25, 0.3) is 0 Å². The van der Waals surface area contributed by atoms with Crippen molar-refractivity contribution in [2.45, 2.75) is 44.1 Å². The van der Waals surface area contributed by atoms with Gasteiger partial charge in [-0.3, -0.25) is 4.98 Å². The van der Waals surface area contributed by atoms with Gasteiger partial charge in [0.1, 0.15) is 0 Å². The standard InChI is InChI=1S/C21H28ClN3O2S/c1-21(2,3)28(26,27)14-16-6-7-17(13-24-16)25(4)20-18-10-12-23-11-9-15(18)5-8-19(20)22/h5-8,13,23H,9-12,14H2,1-4H3. The number of rotatable bonds is 4. The largest absolute Gasteiger partial charge is 0.342 e. The zero-order valence-electron chi connectivity index (χ0n) is 16.9. The van der Waals surface area contributed by atoms with Gasteiger partial charge in [0, 0.05) is 7.05 Å². The Labute approximate surface area is 173 Å². The number of nitrogens with one attached hydrogen (secondary N) is 1. The van der Waals surface area contributed by atoms with E-state index in [0.29, 0.717) is 10.7 Å². The molecule has 1 N–H and O–H groups in total. The monoisotopic (exact) mass is 421 g/mol. The average Bonchev–Trinajstić information content (AvgIpc) is 2.86. The molecule has 0 fully saturated rings. The van der Waals surface area contributed by atoms with Gasteiger partial charge >= 0.3 is 0 Å². The van der Waals surface area contributed by atoms with E-state index in [9.17, 15) is 8.42 Å². The maximum Gasteiger partial charge on any atom is 0.160 e. The van der Waals surface area contributed by atoms with Crippen molar-refractivity contribution < 1.29 is 8.42 Å². The number of sulfone groups is 1. The Balaban J connectivity index is 1.89. The maximum atomic E-state index is 12.4. The molecule has 7 heteroatoms. The van der Waals surface area contributed by atoms with Crippen LogP contribution in [0.1, 0.15) is 37.6 Å². The molecule has 2 heterocycles. The van der Waals surface area contributed by atoms with Crippen molar-refractivity contribution in [2.75, 3.05) is 25.0 Å². The Hall–Kier alpha value is -1.63. The SMILES string of the molecule is CN(c1ccc(CS(=O)(=O)C(C)(C)C)nc1)c1c(Cl)ccc2c1CCNCC2. The predicted molar refractivity (Wildman–Crippen MR) is 116 cm³/mol. The molecule has 1 aromatic heterocycles. The molecule has 1 aromatic carbocycles. The number of aromatic nitrogens is 1. The van der Waals surface area contributed by atoms with Crippen LogP contribution in [0.25, 0.3) is 0 Å². The van der Waals surface area contributed by atoms with E-state index in [0.717, 1.165) is 37.3 Å². The third-order valence-electron chi connectivity index (χ3n) is 5.26. The second-order valence-electron chi connectivity index (χ2n) is 8.22. The van der Waals surface area contributed by atoms with E-state index >= 15 is 0 Å². The van der Waals surface area contributed by atoms with E-state index in [1.807, 2.05) is 24.1 Å². The predicted octanol–water partition coefficient (Wildman–Crippen LogP) is 3.90. The number of nitrogens with zero attached hydrogens (tertiary/aromatic N) is 2. The van der Waals surface area contributed by atoms with Crippen LogP contribution >= 0.6 is 11.6 Å². The highest BCUT2D eigenvalue weighted by atomic mass is 35.5. The normalized spacial score (nSPS) is 15.0. The molecule has 0 bridgehead atoms. The molecule has 0 saturated heterocycles. The molecule has 5 nitrogen and oxygen atoms in total. The lowest BCUT2D eigenvalue weighted by atomic mass is 10.00. The smallest absolute Gasteiger partial charge is 0.160 e. The Bertz CT molecular complexity index is 951. The summed E-state index contributed by atoms with van der Waals surface area (Å²) < 4.78 is 24.1. The lowest BCUT2D eigenvalue weighted by molar-refractivity contribution is 0.558. The Kier molecular flexibility index (Phi) is 6.03. The minimum atomic E-state index is -3.26. The van der Waals surface area contributed by atoms with E-state index in [2.05, 4.69) is 16.4 Å². The lowest BCUT2D eigenvalue weighted by Gasteiger charge is -2.25. The number of anilines is 2. The van der Waals surface area contributed by atoms with Gasteiger partial charge in [-0.15, -0.1) is 0 Å². The third-order valence-corrected chi connectivity index (χ3v) is 8.10. The van der Waals surface area contributed by atoms with Crippen molar-refractivity contribution in [3.63, 3.8) is 0 Å². The second-order valence-corrected chi connectivity index (χ2v) is 11.4. The van der Waals surface area contributed by atoms with Crippen LogP contribution in [0.15, 0.2) is 30.5 Å². The molecule has 152 valence electrons. The van der Waals surface area contributed by atoms with Crippen LogP contribution < -0.4 is 10.2 Å². The molecule has 0 spiro atoms. The number of pyridine rings is 1. The molecule has 0 atom stereocenters. The fraction of sp³-hybridized carbons (Fsp3) is 0.476. The molecule has 0 unspecified atom stereocenters. The van der Waals surface area contributed by atoms with E-state index in [1.165, 1.54) is 11.1 Å². The van der Waals surface area contributed by atoms with Gasteiger partial charge in [-0.1, -0.05) is 17.7 Å². The highest BCUT2D eigenvalue weighted by molar-refractivity contribution is 7.91. The minimum absolute atomic E-state index is 0.0619. The minimum Gasteiger partial charge on any atom is -0.342 e. The summed E-state index contributed by atoms with van der Waals surface area (Å²) in [6.07, 6.45) is 3.62. The Morgan fingerprint density at radius 3 is 2.50 bits per heavy atom.